The molecule has 2 aromatic heterocycles. The zero-order valence-corrected chi connectivity index (χ0v) is 15.1. The molecule has 0 unspecified atom stereocenters. The van der Waals surface area contributed by atoms with Crippen LogP contribution in [0, 0.1) is 0 Å². The van der Waals surface area contributed by atoms with Gasteiger partial charge in [-0.15, -0.1) is 11.3 Å². The molecule has 2 heterocycles. The number of hydrogen-bond acceptors (Lipinski definition) is 6. The summed E-state index contributed by atoms with van der Waals surface area (Å²) in [6.45, 7) is 3.43. The summed E-state index contributed by atoms with van der Waals surface area (Å²) in [6, 6.07) is 4.06. The van der Waals surface area contributed by atoms with Crippen molar-refractivity contribution in [2.75, 3.05) is 30.8 Å². The van der Waals surface area contributed by atoms with Crippen LogP contribution < -0.4 is 16.0 Å². The van der Waals surface area contributed by atoms with Crippen molar-refractivity contribution >= 4 is 55.5 Å². The van der Waals surface area contributed by atoms with Crippen LogP contribution in [0.15, 0.2) is 15.9 Å². The molecule has 21 heavy (non-hydrogen) atoms. The molecule has 0 bridgehead atoms. The summed E-state index contributed by atoms with van der Waals surface area (Å²) in [5, 5.41) is 3.66. The highest BCUT2D eigenvalue weighted by Gasteiger charge is 2.17. The highest BCUT2D eigenvalue weighted by molar-refractivity contribution is 9.11. The molecule has 0 aliphatic carbocycles. The first-order valence-corrected chi connectivity index (χ1v) is 8.93. The minimum atomic E-state index is -0.156. The largest absolute Gasteiger partial charge is 0.382 e. The van der Waals surface area contributed by atoms with Gasteiger partial charge < -0.3 is 16.0 Å². The SMILES string of the molecule is CCN(C)c1nc(N)c(C(=O)NCCc2ccc(Br)s2)s1. The second-order valence-electron chi connectivity index (χ2n) is 4.44. The van der Waals surface area contributed by atoms with E-state index in [9.17, 15) is 4.79 Å². The van der Waals surface area contributed by atoms with E-state index in [0.29, 0.717) is 17.2 Å². The normalized spacial score (nSPS) is 10.6. The molecule has 1 amide bonds. The molecule has 5 nitrogen and oxygen atoms in total. The van der Waals surface area contributed by atoms with E-state index in [2.05, 4.69) is 32.3 Å². The summed E-state index contributed by atoms with van der Waals surface area (Å²) >= 11 is 6.42. The average molecular weight is 389 g/mol. The van der Waals surface area contributed by atoms with Gasteiger partial charge in [0, 0.05) is 25.0 Å². The fraction of sp³-hybridized carbons (Fsp3) is 0.385. The molecule has 0 atom stereocenters. The van der Waals surface area contributed by atoms with Crippen molar-refractivity contribution in [3.8, 4) is 0 Å². The zero-order chi connectivity index (χ0) is 15.4. The number of hydrogen-bond donors (Lipinski definition) is 2. The molecule has 8 heteroatoms. The standard InChI is InChI=1S/C13H17BrN4OS2/c1-3-18(2)13-17-11(15)10(21-13)12(19)16-7-6-8-4-5-9(14)20-8/h4-5H,3,6-7,15H2,1-2H3,(H,16,19). The summed E-state index contributed by atoms with van der Waals surface area (Å²) in [5.74, 6) is 0.142. The van der Waals surface area contributed by atoms with Gasteiger partial charge >= 0.3 is 0 Å². The van der Waals surface area contributed by atoms with Crippen LogP contribution in [0.3, 0.4) is 0 Å². The summed E-state index contributed by atoms with van der Waals surface area (Å²) in [4.78, 5) is 20.0. The van der Waals surface area contributed by atoms with Crippen LogP contribution in [-0.2, 0) is 6.42 Å². The van der Waals surface area contributed by atoms with Gasteiger partial charge in [-0.3, -0.25) is 4.79 Å². The van der Waals surface area contributed by atoms with Gasteiger partial charge in [0.05, 0.1) is 3.79 Å². The number of thiophene rings is 1. The summed E-state index contributed by atoms with van der Waals surface area (Å²) in [5.41, 5.74) is 5.83. The van der Waals surface area contributed by atoms with Crippen molar-refractivity contribution in [2.24, 2.45) is 0 Å². The van der Waals surface area contributed by atoms with Gasteiger partial charge in [-0.05, 0) is 41.4 Å². The maximum absolute atomic E-state index is 12.1. The van der Waals surface area contributed by atoms with Gasteiger partial charge in [-0.1, -0.05) is 11.3 Å². The Kier molecular flexibility index (Phi) is 5.60. The third kappa shape index (κ3) is 4.18. The second kappa shape index (κ2) is 7.24. The number of carbonyl (C=O) groups is 1. The van der Waals surface area contributed by atoms with E-state index >= 15 is 0 Å². The van der Waals surface area contributed by atoms with Gasteiger partial charge in [0.2, 0.25) is 0 Å². The van der Waals surface area contributed by atoms with Crippen molar-refractivity contribution in [3.05, 3.63) is 25.7 Å². The Hall–Kier alpha value is -1.12. The maximum atomic E-state index is 12.1. The van der Waals surface area contributed by atoms with E-state index in [-0.39, 0.29) is 5.91 Å². The summed E-state index contributed by atoms with van der Waals surface area (Å²) in [6.07, 6.45) is 0.808. The van der Waals surface area contributed by atoms with Crippen molar-refractivity contribution in [1.82, 2.24) is 10.3 Å². The summed E-state index contributed by atoms with van der Waals surface area (Å²) < 4.78 is 1.10. The Balaban J connectivity index is 1.92. The molecule has 0 aliphatic heterocycles. The number of nitrogen functional groups attached to an aromatic ring is 1. The fourth-order valence-electron chi connectivity index (χ4n) is 1.65. The Morgan fingerprint density at radius 3 is 2.86 bits per heavy atom. The number of nitrogens with zero attached hydrogens (tertiary/aromatic N) is 2. The van der Waals surface area contributed by atoms with Gasteiger partial charge in [0.1, 0.15) is 10.7 Å². The van der Waals surface area contributed by atoms with Crippen molar-refractivity contribution < 1.29 is 4.79 Å². The first-order valence-electron chi connectivity index (χ1n) is 6.51. The lowest BCUT2D eigenvalue weighted by Gasteiger charge is -2.10. The first-order chi connectivity index (χ1) is 10.0. The molecule has 0 fully saturated rings. The van der Waals surface area contributed by atoms with Crippen LogP contribution in [-0.4, -0.2) is 31.0 Å². The number of aromatic nitrogens is 1. The van der Waals surface area contributed by atoms with E-state index in [1.54, 1.807) is 11.3 Å². The molecule has 114 valence electrons. The van der Waals surface area contributed by atoms with Crippen LogP contribution in [0.4, 0.5) is 10.9 Å². The van der Waals surface area contributed by atoms with Gasteiger partial charge in [-0.2, -0.15) is 0 Å². The predicted octanol–water partition coefficient (Wildman–Crippen LogP) is 2.98. The number of thiazole rings is 1. The third-order valence-electron chi connectivity index (χ3n) is 2.94. The number of amides is 1. The van der Waals surface area contributed by atoms with Crippen LogP contribution in [0.25, 0.3) is 0 Å². The van der Waals surface area contributed by atoms with Crippen LogP contribution in [0.2, 0.25) is 0 Å². The molecule has 3 N–H and O–H groups in total. The number of nitrogens with two attached hydrogens (primary N) is 1. The number of carbonyl (C=O) groups excluding carboxylic acids is 1. The monoisotopic (exact) mass is 388 g/mol. The smallest absolute Gasteiger partial charge is 0.265 e. The lowest BCUT2D eigenvalue weighted by Crippen LogP contribution is -2.25. The van der Waals surface area contributed by atoms with Gasteiger partial charge in [0.15, 0.2) is 5.13 Å². The van der Waals surface area contributed by atoms with E-state index in [1.165, 1.54) is 16.2 Å². The van der Waals surface area contributed by atoms with Crippen molar-refractivity contribution in [3.63, 3.8) is 0 Å². The summed E-state index contributed by atoms with van der Waals surface area (Å²) in [7, 11) is 1.93. The highest BCUT2D eigenvalue weighted by Crippen LogP contribution is 2.27. The minimum Gasteiger partial charge on any atom is -0.382 e. The van der Waals surface area contributed by atoms with Gasteiger partial charge in [-0.25, -0.2) is 4.98 Å². The fourth-order valence-corrected chi connectivity index (χ4v) is 4.06. The second-order valence-corrected chi connectivity index (χ2v) is 7.96. The molecular formula is C13H17BrN4OS2. The number of halogens is 1. The maximum Gasteiger partial charge on any atom is 0.265 e. The van der Waals surface area contributed by atoms with Crippen LogP contribution in [0.1, 0.15) is 21.5 Å². The van der Waals surface area contributed by atoms with Gasteiger partial charge in [0.25, 0.3) is 5.91 Å². The van der Waals surface area contributed by atoms with Crippen LogP contribution >= 0.6 is 38.6 Å². The molecular weight excluding hydrogens is 372 g/mol. The Morgan fingerprint density at radius 1 is 1.48 bits per heavy atom. The van der Waals surface area contributed by atoms with Crippen molar-refractivity contribution in [1.29, 1.82) is 0 Å². The molecule has 0 saturated heterocycles. The molecule has 0 radical (unpaired) electrons. The lowest BCUT2D eigenvalue weighted by atomic mass is 10.3. The lowest BCUT2D eigenvalue weighted by molar-refractivity contribution is 0.0959. The third-order valence-corrected chi connectivity index (χ3v) is 5.80. The minimum absolute atomic E-state index is 0.156. The topological polar surface area (TPSA) is 71.2 Å². The molecule has 2 aromatic rings. The number of nitrogens with one attached hydrogen (secondary N) is 1. The quantitative estimate of drug-likeness (QED) is 0.797. The molecule has 2 rings (SSSR count). The highest BCUT2D eigenvalue weighted by atomic mass is 79.9. The Morgan fingerprint density at radius 2 is 2.24 bits per heavy atom. The Bertz CT molecular complexity index is 625. The Labute approximate surface area is 140 Å². The van der Waals surface area contributed by atoms with E-state index < -0.39 is 0 Å². The number of rotatable bonds is 6. The molecule has 0 saturated carbocycles. The zero-order valence-electron chi connectivity index (χ0n) is 11.9. The molecule has 0 aromatic carbocycles. The average Bonchev–Trinajstić information content (AvgIpc) is 3.04. The number of anilines is 2. The van der Waals surface area contributed by atoms with Crippen molar-refractivity contribution in [2.45, 2.75) is 13.3 Å². The van der Waals surface area contributed by atoms with E-state index in [4.69, 9.17) is 5.73 Å². The van der Waals surface area contributed by atoms with E-state index in [1.807, 2.05) is 24.9 Å². The molecule has 0 aliphatic rings. The molecule has 0 spiro atoms. The predicted molar refractivity (Wildman–Crippen MR) is 93.5 cm³/mol. The van der Waals surface area contributed by atoms with Crippen LogP contribution in [0.5, 0.6) is 0 Å². The first kappa shape index (κ1) is 16.3. The van der Waals surface area contributed by atoms with E-state index in [0.717, 1.165) is 21.9 Å².